The van der Waals surface area contributed by atoms with Gasteiger partial charge in [-0.15, -0.1) is 5.54 Å². The monoisotopic (exact) mass is 758 g/mol. The van der Waals surface area contributed by atoms with E-state index in [9.17, 15) is 0 Å². The predicted molar refractivity (Wildman–Crippen MR) is 209 cm³/mol. The van der Waals surface area contributed by atoms with E-state index in [-0.39, 0.29) is 0 Å². The number of benzene rings is 3. The minimum Gasteiger partial charge on any atom is -0.493 e. The number of halogens is 1. The molecule has 0 heterocycles. The molecule has 5 heteroatoms. The Labute approximate surface area is 299 Å². The van der Waals surface area contributed by atoms with Gasteiger partial charge in [0.15, 0.2) is 0 Å². The first-order valence-corrected chi connectivity index (χ1v) is 21.5. The summed E-state index contributed by atoms with van der Waals surface area (Å²) in [4.78, 5) is 0. The Hall–Kier alpha value is -3.31. The third-order valence-corrected chi connectivity index (χ3v) is 9.62. The first kappa shape index (κ1) is 38.1. The Morgan fingerprint density at radius 1 is 0.532 bits per heavy atom. The summed E-state index contributed by atoms with van der Waals surface area (Å²) in [6.45, 7) is 21.9. The van der Waals surface area contributed by atoms with Gasteiger partial charge < -0.3 is 14.2 Å². The van der Waals surface area contributed by atoms with Gasteiger partial charge in [-0.1, -0.05) is 110 Å². The van der Waals surface area contributed by atoms with Gasteiger partial charge in [0.05, 0.1) is 19.8 Å². The highest BCUT2D eigenvalue weighted by Crippen LogP contribution is 2.23. The molecule has 0 saturated carbocycles. The molecule has 0 aromatic heterocycles. The molecule has 0 bridgehead atoms. The van der Waals surface area contributed by atoms with E-state index in [0.29, 0.717) is 37.6 Å². The molecule has 3 atom stereocenters. The molecule has 0 saturated heterocycles. The maximum absolute atomic E-state index is 6.15. The van der Waals surface area contributed by atoms with Crippen LogP contribution in [0.3, 0.4) is 0 Å². The van der Waals surface area contributed by atoms with E-state index in [2.05, 4.69) is 125 Å². The molecule has 0 aliphatic rings. The predicted octanol–water partition coefficient (Wildman–Crippen LogP) is 10.6. The lowest BCUT2D eigenvalue weighted by molar-refractivity contribution is 0.256. The molecular weight excluding hydrogens is 707 g/mol. The molecule has 0 unspecified atom stereocenters. The fourth-order valence-electron chi connectivity index (χ4n) is 3.93. The van der Waals surface area contributed by atoms with E-state index in [1.165, 1.54) is 0 Å². The molecule has 0 radical (unpaired) electrons. The van der Waals surface area contributed by atoms with Crippen LogP contribution in [0.4, 0.5) is 0 Å². The Morgan fingerprint density at radius 2 is 0.894 bits per heavy atom. The van der Waals surface area contributed by atoms with E-state index in [0.717, 1.165) is 67.9 Å². The SMILES string of the molecule is CC[C@H](C)COc1ccc(C#Cc2cc(OC[C@@H](C)CC)ccc2C#Cc2cc(OC[C@@H](C)CC)ccc2C#C[Si](C)(C)C)c(I)c1. The second kappa shape index (κ2) is 18.9. The van der Waals surface area contributed by atoms with E-state index < -0.39 is 8.07 Å². The van der Waals surface area contributed by atoms with Gasteiger partial charge in [0.1, 0.15) is 25.3 Å². The molecule has 3 aromatic rings. The van der Waals surface area contributed by atoms with E-state index in [4.69, 9.17) is 14.2 Å². The minimum absolute atomic E-state index is 0.470. The quantitative estimate of drug-likeness (QED) is 0.105. The van der Waals surface area contributed by atoms with Gasteiger partial charge in [0.2, 0.25) is 0 Å². The Balaban J connectivity index is 2.04. The van der Waals surface area contributed by atoms with Gasteiger partial charge in [-0.2, -0.15) is 0 Å². The van der Waals surface area contributed by atoms with Crippen molar-refractivity contribution in [3.63, 3.8) is 0 Å². The molecule has 0 N–H and O–H groups in total. The summed E-state index contributed by atoms with van der Waals surface area (Å²) in [5, 5.41) is 0. The van der Waals surface area contributed by atoms with Gasteiger partial charge in [-0.25, -0.2) is 0 Å². The van der Waals surface area contributed by atoms with Crippen molar-refractivity contribution in [2.24, 2.45) is 17.8 Å². The zero-order valence-corrected chi connectivity index (χ0v) is 32.9. The maximum Gasteiger partial charge on any atom is 0.129 e. The van der Waals surface area contributed by atoms with Crippen LogP contribution in [0.1, 0.15) is 88.6 Å². The third kappa shape index (κ3) is 13.4. The summed E-state index contributed by atoms with van der Waals surface area (Å²) in [5.41, 5.74) is 7.88. The van der Waals surface area contributed by atoms with Crippen LogP contribution in [-0.2, 0) is 0 Å². The van der Waals surface area contributed by atoms with Gasteiger partial charge in [-0.05, 0) is 94.9 Å². The standard InChI is InChI=1S/C42H51IO3Si/c1-10-31(4)28-44-39-20-17-34(37(25-39)16-14-36-19-22-41(27-42(36)43)46-30-33(6)12-3)13-15-38-26-40(45-29-32(5)11-2)21-18-35(38)23-24-47(7,8)9/h17-22,25-27,31-33H,10-12,28-30H2,1-9H3/t31-,32-,33-/m0/s1. The molecule has 0 aliphatic carbocycles. The number of hydrogen-bond acceptors (Lipinski definition) is 3. The molecule has 0 amide bonds. The first-order valence-electron chi connectivity index (χ1n) is 16.9. The van der Waals surface area contributed by atoms with E-state index in [1.807, 2.05) is 48.5 Å². The van der Waals surface area contributed by atoms with Crippen LogP contribution in [0.25, 0.3) is 0 Å². The smallest absolute Gasteiger partial charge is 0.129 e. The summed E-state index contributed by atoms with van der Waals surface area (Å²) in [6.07, 6.45) is 3.23. The molecule has 0 fully saturated rings. The lowest BCUT2D eigenvalue weighted by atomic mass is 10.0. The number of rotatable bonds is 12. The zero-order chi connectivity index (χ0) is 34.4. The normalized spacial score (nSPS) is 12.6. The minimum atomic E-state index is -1.58. The summed E-state index contributed by atoms with van der Waals surface area (Å²) in [6, 6.07) is 18.2. The van der Waals surface area contributed by atoms with Gasteiger partial charge in [0.25, 0.3) is 0 Å². The second-order valence-electron chi connectivity index (χ2n) is 13.5. The van der Waals surface area contributed by atoms with Crippen LogP contribution in [0.15, 0.2) is 54.6 Å². The number of hydrogen-bond donors (Lipinski definition) is 0. The Morgan fingerprint density at radius 3 is 1.30 bits per heavy atom. The van der Waals surface area contributed by atoms with E-state index in [1.54, 1.807) is 0 Å². The van der Waals surface area contributed by atoms with Crippen LogP contribution < -0.4 is 14.2 Å². The van der Waals surface area contributed by atoms with Crippen LogP contribution in [0, 0.1) is 56.5 Å². The zero-order valence-electron chi connectivity index (χ0n) is 29.8. The summed E-state index contributed by atoms with van der Waals surface area (Å²) < 4.78 is 19.3. The second-order valence-corrected chi connectivity index (χ2v) is 19.4. The summed E-state index contributed by atoms with van der Waals surface area (Å²) >= 11 is 2.34. The third-order valence-electron chi connectivity index (χ3n) is 7.85. The molecule has 3 nitrogen and oxygen atoms in total. The highest BCUT2D eigenvalue weighted by Gasteiger charge is 2.10. The lowest BCUT2D eigenvalue weighted by Crippen LogP contribution is -2.16. The fourth-order valence-corrected chi connectivity index (χ4v) is 5.06. The highest BCUT2D eigenvalue weighted by molar-refractivity contribution is 14.1. The summed E-state index contributed by atoms with van der Waals surface area (Å²) in [7, 11) is -1.58. The van der Waals surface area contributed by atoms with Gasteiger partial charge in [0, 0.05) is 31.4 Å². The Bertz CT molecular complexity index is 1670. The summed E-state index contributed by atoms with van der Waals surface area (Å²) in [5.74, 6) is 21.0. The van der Waals surface area contributed by atoms with Crippen LogP contribution >= 0.6 is 22.6 Å². The van der Waals surface area contributed by atoms with Crippen molar-refractivity contribution in [1.29, 1.82) is 0 Å². The van der Waals surface area contributed by atoms with Crippen molar-refractivity contribution in [1.82, 2.24) is 0 Å². The van der Waals surface area contributed by atoms with Crippen LogP contribution in [0.5, 0.6) is 17.2 Å². The van der Waals surface area contributed by atoms with Gasteiger partial charge in [-0.3, -0.25) is 0 Å². The van der Waals surface area contributed by atoms with Crippen molar-refractivity contribution >= 4 is 30.7 Å². The molecule has 0 spiro atoms. The molecule has 0 aliphatic heterocycles. The average molecular weight is 759 g/mol. The molecular formula is C42H51IO3Si. The Kier molecular flexibility index (Phi) is 15.3. The average Bonchev–Trinajstić information content (AvgIpc) is 3.06. The van der Waals surface area contributed by atoms with Crippen LogP contribution in [-0.4, -0.2) is 27.9 Å². The topological polar surface area (TPSA) is 27.7 Å². The van der Waals surface area contributed by atoms with Crippen molar-refractivity contribution in [3.05, 3.63) is 86.0 Å². The first-order chi connectivity index (χ1) is 22.4. The van der Waals surface area contributed by atoms with Crippen molar-refractivity contribution < 1.29 is 14.2 Å². The van der Waals surface area contributed by atoms with E-state index >= 15 is 0 Å². The largest absolute Gasteiger partial charge is 0.493 e. The highest BCUT2D eigenvalue weighted by atomic mass is 127. The van der Waals surface area contributed by atoms with Gasteiger partial charge >= 0.3 is 0 Å². The number of ether oxygens (including phenoxy) is 3. The van der Waals surface area contributed by atoms with Crippen LogP contribution in [0.2, 0.25) is 19.6 Å². The fraction of sp³-hybridized carbons (Fsp3) is 0.429. The van der Waals surface area contributed by atoms with Crippen molar-refractivity contribution in [3.8, 4) is 52.4 Å². The maximum atomic E-state index is 6.15. The molecule has 47 heavy (non-hydrogen) atoms. The molecule has 248 valence electrons. The lowest BCUT2D eigenvalue weighted by Gasteiger charge is -2.12. The molecule has 3 rings (SSSR count). The van der Waals surface area contributed by atoms with Crippen molar-refractivity contribution in [2.45, 2.75) is 80.4 Å². The molecule has 3 aromatic carbocycles. The van der Waals surface area contributed by atoms with Crippen molar-refractivity contribution in [2.75, 3.05) is 19.8 Å².